The summed E-state index contributed by atoms with van der Waals surface area (Å²) in [6.07, 6.45) is 0. The summed E-state index contributed by atoms with van der Waals surface area (Å²) >= 11 is 0. The fourth-order valence-corrected chi connectivity index (χ4v) is 2.23. The van der Waals surface area contributed by atoms with Gasteiger partial charge in [0.25, 0.3) is 0 Å². The zero-order valence-corrected chi connectivity index (χ0v) is 10.7. The van der Waals surface area contributed by atoms with E-state index in [1.165, 1.54) is 7.11 Å². The number of hydrogen-bond acceptors (Lipinski definition) is 3. The summed E-state index contributed by atoms with van der Waals surface area (Å²) in [4.78, 5) is 0. The van der Waals surface area contributed by atoms with Gasteiger partial charge >= 0.3 is 0 Å². The molecule has 0 aromatic heterocycles. The highest BCUT2D eigenvalue weighted by atomic mass is 19.1. The largest absolute Gasteiger partial charge is 0.494 e. The molecule has 1 aliphatic rings. The molecule has 0 radical (unpaired) electrons. The zero-order valence-electron chi connectivity index (χ0n) is 10.7. The molecule has 100 valence electrons. The third-order valence-corrected chi connectivity index (χ3v) is 3.69. The van der Waals surface area contributed by atoms with E-state index in [4.69, 9.17) is 15.2 Å². The summed E-state index contributed by atoms with van der Waals surface area (Å²) in [5.41, 5.74) is 4.95. The molecule has 18 heavy (non-hydrogen) atoms. The minimum absolute atomic E-state index is 0.110. The van der Waals surface area contributed by atoms with Crippen molar-refractivity contribution >= 4 is 0 Å². The number of hydrogen-bond donors (Lipinski definition) is 1. The second-order valence-corrected chi connectivity index (χ2v) is 5.26. The quantitative estimate of drug-likeness (QED) is 0.900. The molecule has 0 unspecified atom stereocenters. The van der Waals surface area contributed by atoms with Crippen molar-refractivity contribution in [2.75, 3.05) is 20.3 Å². The molecule has 3 nitrogen and oxygen atoms in total. The second kappa shape index (κ2) is 4.17. The molecule has 1 heterocycles. The van der Waals surface area contributed by atoms with Gasteiger partial charge in [-0.15, -0.1) is 0 Å². The first kappa shape index (κ1) is 13.2. The first-order valence-corrected chi connectivity index (χ1v) is 5.72. The van der Waals surface area contributed by atoms with Crippen molar-refractivity contribution in [2.45, 2.75) is 24.8 Å². The highest BCUT2D eigenvalue weighted by Gasteiger charge is 2.52. The summed E-state index contributed by atoms with van der Waals surface area (Å²) in [7, 11) is 1.30. The fourth-order valence-electron chi connectivity index (χ4n) is 2.23. The maximum absolute atomic E-state index is 14.1. The van der Waals surface area contributed by atoms with E-state index in [0.717, 1.165) is 12.1 Å². The van der Waals surface area contributed by atoms with Crippen molar-refractivity contribution in [2.24, 2.45) is 5.73 Å². The van der Waals surface area contributed by atoms with Crippen LogP contribution in [0.15, 0.2) is 12.1 Å². The molecular weight excluding hydrogens is 240 g/mol. The Morgan fingerprint density at radius 2 is 1.89 bits per heavy atom. The smallest absolute Gasteiger partial charge is 0.165 e. The average molecular weight is 257 g/mol. The molecule has 2 rings (SSSR count). The molecule has 1 aromatic carbocycles. The number of halogens is 2. The van der Waals surface area contributed by atoms with E-state index in [-0.39, 0.29) is 11.3 Å². The van der Waals surface area contributed by atoms with Crippen molar-refractivity contribution in [3.05, 3.63) is 29.3 Å². The van der Waals surface area contributed by atoms with Crippen LogP contribution in [0.5, 0.6) is 5.75 Å². The lowest BCUT2D eigenvalue weighted by molar-refractivity contribution is -0.0936. The molecule has 0 atom stereocenters. The number of ether oxygens (including phenoxy) is 2. The van der Waals surface area contributed by atoms with E-state index in [9.17, 15) is 8.78 Å². The van der Waals surface area contributed by atoms with Crippen LogP contribution in [0.3, 0.4) is 0 Å². The lowest BCUT2D eigenvalue weighted by atomic mass is 9.65. The number of nitrogens with two attached hydrogens (primary N) is 1. The molecule has 2 N–H and O–H groups in total. The van der Waals surface area contributed by atoms with Crippen LogP contribution in [0.25, 0.3) is 0 Å². The number of rotatable bonds is 3. The molecule has 1 aromatic rings. The van der Waals surface area contributed by atoms with Gasteiger partial charge in [0, 0.05) is 17.2 Å². The Kier molecular flexibility index (Phi) is 3.07. The molecule has 0 spiro atoms. The van der Waals surface area contributed by atoms with E-state index >= 15 is 0 Å². The minimum atomic E-state index is -0.701. The van der Waals surface area contributed by atoms with Crippen LogP contribution in [0.2, 0.25) is 0 Å². The molecule has 1 saturated heterocycles. The van der Waals surface area contributed by atoms with Gasteiger partial charge in [-0.3, -0.25) is 0 Å². The molecular formula is C13H17F2NO2. The van der Waals surface area contributed by atoms with Crippen LogP contribution in [-0.2, 0) is 10.2 Å². The summed E-state index contributed by atoms with van der Waals surface area (Å²) in [6, 6.07) is 2.21. The topological polar surface area (TPSA) is 44.5 Å². The van der Waals surface area contributed by atoms with Crippen molar-refractivity contribution in [1.82, 2.24) is 0 Å². The van der Waals surface area contributed by atoms with Crippen LogP contribution in [-0.4, -0.2) is 25.9 Å². The lowest BCUT2D eigenvalue weighted by Gasteiger charge is -2.51. The van der Waals surface area contributed by atoms with Gasteiger partial charge in [-0.05, 0) is 19.9 Å². The molecule has 0 saturated carbocycles. The van der Waals surface area contributed by atoms with Crippen molar-refractivity contribution in [3.8, 4) is 5.75 Å². The summed E-state index contributed by atoms with van der Waals surface area (Å²) < 4.78 is 37.8. The Labute approximate surface area is 105 Å². The normalized spacial score (nSPS) is 18.3. The molecule has 0 bridgehead atoms. The number of methoxy groups -OCH3 is 1. The maximum atomic E-state index is 14.1. The van der Waals surface area contributed by atoms with Crippen molar-refractivity contribution in [3.63, 3.8) is 0 Å². The Balaban J connectivity index is 2.54. The fraction of sp³-hybridized carbons (Fsp3) is 0.538. The highest BCUT2D eigenvalue weighted by molar-refractivity contribution is 5.39. The molecule has 1 aliphatic heterocycles. The predicted octanol–water partition coefficient (Wildman–Crippen LogP) is 1.98. The maximum Gasteiger partial charge on any atom is 0.165 e. The van der Waals surface area contributed by atoms with Crippen molar-refractivity contribution < 1.29 is 18.3 Å². The van der Waals surface area contributed by atoms with Gasteiger partial charge in [-0.25, -0.2) is 8.78 Å². The van der Waals surface area contributed by atoms with Gasteiger partial charge in [-0.2, -0.15) is 0 Å². The van der Waals surface area contributed by atoms with Crippen molar-refractivity contribution in [1.29, 1.82) is 0 Å². The van der Waals surface area contributed by atoms with Crippen LogP contribution in [0.1, 0.15) is 19.4 Å². The first-order chi connectivity index (χ1) is 8.32. The first-order valence-electron chi connectivity index (χ1n) is 5.72. The summed E-state index contributed by atoms with van der Waals surface area (Å²) in [5.74, 6) is -1.22. The van der Waals surface area contributed by atoms with E-state index in [1.54, 1.807) is 13.8 Å². The Morgan fingerprint density at radius 3 is 2.28 bits per heavy atom. The molecule has 0 amide bonds. The van der Waals surface area contributed by atoms with E-state index in [1.807, 2.05) is 0 Å². The summed E-state index contributed by atoms with van der Waals surface area (Å²) in [6.45, 7) is 4.16. The van der Waals surface area contributed by atoms with Gasteiger partial charge < -0.3 is 15.2 Å². The van der Waals surface area contributed by atoms with Gasteiger partial charge in [0.2, 0.25) is 0 Å². The van der Waals surface area contributed by atoms with E-state index in [2.05, 4.69) is 0 Å². The molecule has 1 fully saturated rings. The van der Waals surface area contributed by atoms with Gasteiger partial charge in [0.05, 0.1) is 25.7 Å². The predicted molar refractivity (Wildman–Crippen MR) is 63.7 cm³/mol. The standard InChI is InChI=1S/C13H17F2NO2/c1-12(2,16)13(6-18-7-13)8-4-10(15)11(17-3)5-9(8)14/h4-5H,6-7,16H2,1-3H3. The Hall–Kier alpha value is -1.20. The number of benzene rings is 1. The minimum Gasteiger partial charge on any atom is -0.494 e. The third-order valence-electron chi connectivity index (χ3n) is 3.69. The van der Waals surface area contributed by atoms with Crippen LogP contribution in [0, 0.1) is 11.6 Å². The molecule has 5 heteroatoms. The van der Waals surface area contributed by atoms with Crippen LogP contribution in [0.4, 0.5) is 8.78 Å². The average Bonchev–Trinajstić information content (AvgIpc) is 2.18. The Morgan fingerprint density at radius 1 is 1.28 bits per heavy atom. The monoisotopic (exact) mass is 257 g/mol. The van der Waals surface area contributed by atoms with E-state index < -0.39 is 22.6 Å². The second-order valence-electron chi connectivity index (χ2n) is 5.26. The molecule has 0 aliphatic carbocycles. The van der Waals surface area contributed by atoms with E-state index in [0.29, 0.717) is 13.2 Å². The summed E-state index contributed by atoms with van der Waals surface area (Å²) in [5, 5.41) is 0. The highest BCUT2D eigenvalue weighted by Crippen LogP contribution is 2.42. The van der Waals surface area contributed by atoms with Gasteiger partial charge in [-0.1, -0.05) is 0 Å². The van der Waals surface area contributed by atoms with Gasteiger partial charge in [0.15, 0.2) is 11.6 Å². The van der Waals surface area contributed by atoms with Crippen LogP contribution >= 0.6 is 0 Å². The SMILES string of the molecule is COc1cc(F)c(C2(C(C)(C)N)COC2)cc1F. The third kappa shape index (κ3) is 1.78. The Bertz CT molecular complexity index is 465. The van der Waals surface area contributed by atoms with Crippen LogP contribution < -0.4 is 10.5 Å². The van der Waals surface area contributed by atoms with Gasteiger partial charge in [0.1, 0.15) is 5.82 Å². The lowest BCUT2D eigenvalue weighted by Crippen LogP contribution is -2.65. The zero-order chi connectivity index (χ0) is 13.6.